The van der Waals surface area contributed by atoms with Crippen molar-refractivity contribution in [1.82, 2.24) is 30.1 Å². The maximum atomic E-state index is 12.0. The fraction of sp³-hybridized carbons (Fsp3) is 0.0500. The van der Waals surface area contributed by atoms with E-state index in [4.69, 9.17) is 4.74 Å². The van der Waals surface area contributed by atoms with E-state index in [1.807, 2.05) is 24.3 Å². The van der Waals surface area contributed by atoms with Gasteiger partial charge in [-0.15, -0.1) is 0 Å². The highest BCUT2D eigenvalue weighted by atomic mass is 16.5. The number of fused-ring (bicyclic) bond motifs is 2. The van der Waals surface area contributed by atoms with E-state index in [1.54, 1.807) is 30.7 Å². The van der Waals surface area contributed by atoms with Crippen LogP contribution in [0.1, 0.15) is 10.4 Å². The number of carbonyl (C=O) groups is 1. The second-order valence-electron chi connectivity index (χ2n) is 6.21. The first-order valence-corrected chi connectivity index (χ1v) is 8.56. The van der Waals surface area contributed by atoms with Crippen molar-refractivity contribution in [3.8, 4) is 22.6 Å². The van der Waals surface area contributed by atoms with Gasteiger partial charge in [0.15, 0.2) is 11.5 Å². The molecule has 4 heterocycles. The van der Waals surface area contributed by atoms with Crippen LogP contribution in [0.5, 0.6) is 0 Å². The summed E-state index contributed by atoms with van der Waals surface area (Å²) in [4.78, 5) is 28.5. The zero-order valence-electron chi connectivity index (χ0n) is 14.8. The molecule has 0 bridgehead atoms. The second-order valence-corrected chi connectivity index (χ2v) is 6.21. The number of carbonyl (C=O) groups excluding carboxylic acids is 1. The molecule has 0 radical (unpaired) electrons. The molecule has 0 fully saturated rings. The summed E-state index contributed by atoms with van der Waals surface area (Å²) in [6.45, 7) is 0. The van der Waals surface area contributed by atoms with E-state index in [9.17, 15) is 4.79 Å². The highest BCUT2D eigenvalue weighted by molar-refractivity contribution is 6.03. The molecule has 136 valence electrons. The van der Waals surface area contributed by atoms with E-state index in [-0.39, 0.29) is 0 Å². The first kappa shape index (κ1) is 16.1. The van der Waals surface area contributed by atoms with Crippen LogP contribution in [0.15, 0.2) is 55.0 Å². The molecule has 0 atom stereocenters. The summed E-state index contributed by atoms with van der Waals surface area (Å²) >= 11 is 0. The average molecular weight is 370 g/mol. The van der Waals surface area contributed by atoms with Gasteiger partial charge in [0.05, 0.1) is 23.6 Å². The van der Waals surface area contributed by atoms with E-state index < -0.39 is 5.97 Å². The number of esters is 1. The highest BCUT2D eigenvalue weighted by Gasteiger charge is 2.17. The first-order chi connectivity index (χ1) is 13.7. The summed E-state index contributed by atoms with van der Waals surface area (Å²) in [6.07, 6.45) is 5.27. The molecule has 5 aromatic rings. The number of pyridine rings is 2. The van der Waals surface area contributed by atoms with Crippen LogP contribution in [0.25, 0.3) is 44.7 Å². The third-order valence-corrected chi connectivity index (χ3v) is 4.56. The molecule has 8 nitrogen and oxygen atoms in total. The molecule has 4 aromatic heterocycles. The summed E-state index contributed by atoms with van der Waals surface area (Å²) in [5.74, 6) is 0.137. The van der Waals surface area contributed by atoms with Gasteiger partial charge < -0.3 is 9.72 Å². The number of aromatic amines is 2. The Bertz CT molecular complexity index is 1320. The zero-order chi connectivity index (χ0) is 19.1. The minimum Gasteiger partial charge on any atom is -0.465 e. The Labute approximate surface area is 158 Å². The number of benzene rings is 1. The number of para-hydroxylation sites is 1. The Morgan fingerprint density at radius 3 is 2.86 bits per heavy atom. The lowest BCUT2D eigenvalue weighted by Crippen LogP contribution is -2.01. The largest absolute Gasteiger partial charge is 0.465 e. The first-order valence-electron chi connectivity index (χ1n) is 8.56. The zero-order valence-corrected chi connectivity index (χ0v) is 14.8. The van der Waals surface area contributed by atoms with E-state index >= 15 is 0 Å². The Morgan fingerprint density at radius 1 is 1.11 bits per heavy atom. The molecular formula is C20H14N6O2. The van der Waals surface area contributed by atoms with Crippen molar-refractivity contribution >= 4 is 28.0 Å². The van der Waals surface area contributed by atoms with E-state index in [2.05, 4.69) is 30.1 Å². The van der Waals surface area contributed by atoms with Gasteiger partial charge in [0.1, 0.15) is 11.2 Å². The Hall–Kier alpha value is -4.07. The number of hydrogen-bond donors (Lipinski definition) is 2. The van der Waals surface area contributed by atoms with Gasteiger partial charge in [0, 0.05) is 29.7 Å². The van der Waals surface area contributed by atoms with Crippen molar-refractivity contribution in [2.24, 2.45) is 0 Å². The number of methoxy groups -OCH3 is 1. The molecule has 0 saturated heterocycles. The van der Waals surface area contributed by atoms with E-state index in [0.29, 0.717) is 28.2 Å². The highest BCUT2D eigenvalue weighted by Crippen LogP contribution is 2.29. The molecule has 0 aliphatic heterocycles. The predicted octanol–water partition coefficient (Wildman–Crippen LogP) is 3.35. The summed E-state index contributed by atoms with van der Waals surface area (Å²) in [6, 6.07) is 11.2. The number of ether oxygens (including phenoxy) is 1. The fourth-order valence-electron chi connectivity index (χ4n) is 3.20. The van der Waals surface area contributed by atoms with Crippen LogP contribution in [-0.2, 0) is 4.74 Å². The van der Waals surface area contributed by atoms with Crippen LogP contribution in [0.2, 0.25) is 0 Å². The Kier molecular flexibility index (Phi) is 3.61. The molecule has 1 aromatic carbocycles. The molecule has 0 amide bonds. The summed E-state index contributed by atoms with van der Waals surface area (Å²) < 4.78 is 4.85. The van der Waals surface area contributed by atoms with Gasteiger partial charge in [-0.1, -0.05) is 12.1 Å². The number of hydrogen-bond acceptors (Lipinski definition) is 6. The molecule has 0 spiro atoms. The van der Waals surface area contributed by atoms with Gasteiger partial charge in [0.2, 0.25) is 0 Å². The molecule has 28 heavy (non-hydrogen) atoms. The summed E-state index contributed by atoms with van der Waals surface area (Å²) in [5, 5.41) is 8.08. The number of nitrogens with one attached hydrogen (secondary N) is 2. The normalized spacial score (nSPS) is 11.2. The van der Waals surface area contributed by atoms with Gasteiger partial charge >= 0.3 is 5.97 Å². The third-order valence-electron chi connectivity index (χ3n) is 4.56. The lowest BCUT2D eigenvalue weighted by Gasteiger charge is -2.00. The van der Waals surface area contributed by atoms with Crippen molar-refractivity contribution in [1.29, 1.82) is 0 Å². The molecule has 0 unspecified atom stereocenters. The smallest absolute Gasteiger partial charge is 0.340 e. The van der Waals surface area contributed by atoms with Gasteiger partial charge in [-0.3, -0.25) is 10.1 Å². The monoisotopic (exact) mass is 370 g/mol. The number of rotatable bonds is 3. The van der Waals surface area contributed by atoms with Crippen molar-refractivity contribution in [2.45, 2.75) is 0 Å². The second kappa shape index (κ2) is 6.27. The number of nitrogens with zero attached hydrogens (tertiary/aromatic N) is 4. The average Bonchev–Trinajstić information content (AvgIpc) is 3.36. The lowest BCUT2D eigenvalue weighted by molar-refractivity contribution is 0.0603. The van der Waals surface area contributed by atoms with Crippen LogP contribution < -0.4 is 0 Å². The summed E-state index contributed by atoms with van der Waals surface area (Å²) in [5.41, 5.74) is 4.84. The van der Waals surface area contributed by atoms with E-state index in [0.717, 1.165) is 22.0 Å². The number of H-pyrrole nitrogens is 2. The molecule has 0 saturated carbocycles. The number of aromatic nitrogens is 6. The molecule has 2 N–H and O–H groups in total. The van der Waals surface area contributed by atoms with Gasteiger partial charge in [-0.05, 0) is 24.3 Å². The van der Waals surface area contributed by atoms with Gasteiger partial charge in [-0.25, -0.2) is 14.8 Å². The van der Waals surface area contributed by atoms with Crippen molar-refractivity contribution < 1.29 is 9.53 Å². The number of imidazole rings is 1. The maximum Gasteiger partial charge on any atom is 0.340 e. The topological polar surface area (TPSA) is 109 Å². The standard InChI is InChI=1S/C20H14N6O2/c1-28-20(27)13-5-2-6-15-16(13)24-19(23-15)17-14-8-12(10-22-18(14)26-25-17)11-4-3-7-21-9-11/h2-10H,1H3,(H,23,24)(H,22,25,26). The van der Waals surface area contributed by atoms with Crippen LogP contribution in [-0.4, -0.2) is 43.2 Å². The van der Waals surface area contributed by atoms with Crippen LogP contribution in [0.3, 0.4) is 0 Å². The fourth-order valence-corrected chi connectivity index (χ4v) is 3.20. The van der Waals surface area contributed by atoms with Crippen LogP contribution >= 0.6 is 0 Å². The molecule has 5 rings (SSSR count). The van der Waals surface area contributed by atoms with Crippen LogP contribution in [0.4, 0.5) is 0 Å². The SMILES string of the molecule is COC(=O)c1cccc2[nH]c(-c3[nH]nc4ncc(-c5cccnc5)cc34)nc12. The van der Waals surface area contributed by atoms with Crippen molar-refractivity contribution in [3.05, 3.63) is 60.6 Å². The van der Waals surface area contributed by atoms with Crippen LogP contribution in [0, 0.1) is 0 Å². The predicted molar refractivity (Wildman–Crippen MR) is 104 cm³/mol. The van der Waals surface area contributed by atoms with E-state index in [1.165, 1.54) is 7.11 Å². The minimum atomic E-state index is -0.432. The van der Waals surface area contributed by atoms with Crippen molar-refractivity contribution in [2.75, 3.05) is 7.11 Å². The minimum absolute atomic E-state index is 0.403. The Morgan fingerprint density at radius 2 is 2.04 bits per heavy atom. The molecular weight excluding hydrogens is 356 g/mol. The maximum absolute atomic E-state index is 12.0. The molecule has 8 heteroatoms. The van der Waals surface area contributed by atoms with Crippen molar-refractivity contribution in [3.63, 3.8) is 0 Å². The quantitative estimate of drug-likeness (QED) is 0.471. The van der Waals surface area contributed by atoms with Gasteiger partial charge in [0.25, 0.3) is 0 Å². The lowest BCUT2D eigenvalue weighted by atomic mass is 10.1. The molecule has 0 aliphatic carbocycles. The Balaban J connectivity index is 1.68. The summed E-state index contributed by atoms with van der Waals surface area (Å²) in [7, 11) is 1.35. The third kappa shape index (κ3) is 2.50. The molecule has 0 aliphatic rings. The van der Waals surface area contributed by atoms with Gasteiger partial charge in [-0.2, -0.15) is 5.10 Å².